The van der Waals surface area contributed by atoms with Crippen molar-refractivity contribution >= 4 is 5.69 Å². The summed E-state index contributed by atoms with van der Waals surface area (Å²) in [4.78, 5) is 11.8. The first-order valence-electron chi connectivity index (χ1n) is 15.6. The maximum absolute atomic E-state index is 13.7. The molecule has 0 radical (unpaired) electrons. The maximum atomic E-state index is 13.7. The highest BCUT2D eigenvalue weighted by atomic mass is 19.4. The first-order valence-corrected chi connectivity index (χ1v) is 15.6. The molecule has 0 aliphatic carbocycles. The molecular weight excluding hydrogens is 605 g/mol. The minimum Gasteiger partial charge on any atom is -0.496 e. The van der Waals surface area contributed by atoms with Gasteiger partial charge in [0.1, 0.15) is 5.75 Å². The molecule has 4 heterocycles. The smallest absolute Gasteiger partial charge is 0.453 e. The predicted octanol–water partition coefficient (Wildman–Crippen LogP) is 5.29. The molecule has 5 aromatic rings. The lowest BCUT2D eigenvalue weighted by Gasteiger charge is -2.54. The third-order valence-electron chi connectivity index (χ3n) is 9.21. The number of alkyl halides is 3. The van der Waals surface area contributed by atoms with Crippen molar-refractivity contribution < 1.29 is 17.9 Å². The SMILES string of the molecule is COc1ccc(-n2nnnc2C(F)(F)F)cc1CN1C[C@@H]2CN(c3cccnc3)CCN2[C@H](C(c2ccccc2)c2ccccc2)C1. The van der Waals surface area contributed by atoms with Crippen LogP contribution in [0.25, 0.3) is 5.69 Å². The van der Waals surface area contributed by atoms with Crippen molar-refractivity contribution in [2.75, 3.05) is 44.7 Å². The number of tetrazole rings is 1. The largest absolute Gasteiger partial charge is 0.496 e. The van der Waals surface area contributed by atoms with E-state index in [1.165, 1.54) is 11.1 Å². The van der Waals surface area contributed by atoms with Crippen LogP contribution < -0.4 is 9.64 Å². The third-order valence-corrected chi connectivity index (χ3v) is 9.21. The van der Waals surface area contributed by atoms with E-state index in [0.29, 0.717) is 12.3 Å². The molecule has 2 fully saturated rings. The molecule has 12 heteroatoms. The molecule has 47 heavy (non-hydrogen) atoms. The van der Waals surface area contributed by atoms with Crippen LogP contribution in [0.4, 0.5) is 18.9 Å². The van der Waals surface area contributed by atoms with Gasteiger partial charge in [0.15, 0.2) is 0 Å². The average Bonchev–Trinajstić information content (AvgIpc) is 3.61. The monoisotopic (exact) mass is 640 g/mol. The molecule has 0 spiro atoms. The highest BCUT2D eigenvalue weighted by molar-refractivity contribution is 5.46. The predicted molar refractivity (Wildman–Crippen MR) is 171 cm³/mol. The summed E-state index contributed by atoms with van der Waals surface area (Å²) in [6, 6.07) is 30.6. The number of halogens is 3. The summed E-state index contributed by atoms with van der Waals surface area (Å²) in [5.74, 6) is -0.470. The van der Waals surface area contributed by atoms with Crippen molar-refractivity contribution in [2.24, 2.45) is 0 Å². The van der Waals surface area contributed by atoms with E-state index in [-0.39, 0.29) is 23.7 Å². The van der Waals surface area contributed by atoms with Crippen LogP contribution >= 0.6 is 0 Å². The summed E-state index contributed by atoms with van der Waals surface area (Å²) in [7, 11) is 1.57. The van der Waals surface area contributed by atoms with Crippen molar-refractivity contribution in [1.29, 1.82) is 0 Å². The Labute approximate surface area is 271 Å². The molecule has 9 nitrogen and oxygen atoms in total. The van der Waals surface area contributed by atoms with Crippen molar-refractivity contribution in [3.63, 3.8) is 0 Å². The number of nitrogens with zero attached hydrogens (tertiary/aromatic N) is 8. The molecule has 2 aliphatic rings. The van der Waals surface area contributed by atoms with Gasteiger partial charge < -0.3 is 9.64 Å². The number of pyridine rings is 1. The van der Waals surface area contributed by atoms with Crippen LogP contribution in [0.3, 0.4) is 0 Å². The number of methoxy groups -OCH3 is 1. The van der Waals surface area contributed by atoms with Crippen LogP contribution in [0.1, 0.15) is 28.4 Å². The second-order valence-corrected chi connectivity index (χ2v) is 12.0. The number of benzene rings is 3. The Morgan fingerprint density at radius 3 is 2.26 bits per heavy atom. The Morgan fingerprint density at radius 2 is 1.60 bits per heavy atom. The molecule has 2 aliphatic heterocycles. The normalized spacial score (nSPS) is 19.1. The lowest BCUT2D eigenvalue weighted by molar-refractivity contribution is -0.146. The Bertz CT molecular complexity index is 1730. The fourth-order valence-electron chi connectivity index (χ4n) is 7.17. The lowest BCUT2D eigenvalue weighted by Crippen LogP contribution is -2.67. The van der Waals surface area contributed by atoms with Gasteiger partial charge in [-0.1, -0.05) is 60.7 Å². The molecule has 7 rings (SSSR count). The van der Waals surface area contributed by atoms with E-state index in [0.717, 1.165) is 48.7 Å². The number of hydrogen-bond acceptors (Lipinski definition) is 8. The van der Waals surface area contributed by atoms with Gasteiger partial charge in [-0.15, -0.1) is 5.10 Å². The van der Waals surface area contributed by atoms with Gasteiger partial charge in [-0.25, -0.2) is 0 Å². The maximum Gasteiger partial charge on any atom is 0.453 e. The van der Waals surface area contributed by atoms with Crippen LogP contribution in [0.15, 0.2) is 103 Å². The molecule has 0 unspecified atom stereocenters. The van der Waals surface area contributed by atoms with E-state index in [2.05, 4.69) is 89.8 Å². The van der Waals surface area contributed by atoms with Gasteiger partial charge in [-0.3, -0.25) is 14.8 Å². The van der Waals surface area contributed by atoms with Crippen LogP contribution in [0, 0.1) is 0 Å². The summed E-state index contributed by atoms with van der Waals surface area (Å²) >= 11 is 0. The van der Waals surface area contributed by atoms with Crippen LogP contribution in [-0.4, -0.2) is 86.9 Å². The van der Waals surface area contributed by atoms with E-state index < -0.39 is 12.0 Å². The van der Waals surface area contributed by atoms with Gasteiger partial charge in [0.2, 0.25) is 0 Å². The Balaban J connectivity index is 1.26. The molecule has 0 saturated carbocycles. The Hall–Kier alpha value is -4.81. The van der Waals surface area contributed by atoms with Crippen molar-refractivity contribution in [3.8, 4) is 11.4 Å². The highest BCUT2D eigenvalue weighted by Gasteiger charge is 2.43. The fraction of sp³-hybridized carbons (Fsp3) is 0.314. The lowest BCUT2D eigenvalue weighted by atomic mass is 9.81. The number of anilines is 1. The number of piperazine rings is 2. The minimum atomic E-state index is -4.70. The van der Waals surface area contributed by atoms with Crippen LogP contribution in [0.2, 0.25) is 0 Å². The number of aromatic nitrogens is 5. The van der Waals surface area contributed by atoms with E-state index >= 15 is 0 Å². The third kappa shape index (κ3) is 6.43. The Morgan fingerprint density at radius 1 is 0.851 bits per heavy atom. The van der Waals surface area contributed by atoms with Gasteiger partial charge in [0.25, 0.3) is 5.82 Å². The molecule has 0 bridgehead atoms. The first-order chi connectivity index (χ1) is 22.9. The van der Waals surface area contributed by atoms with E-state index in [1.807, 2.05) is 24.4 Å². The van der Waals surface area contributed by atoms with Gasteiger partial charge in [-0.05, 0) is 51.9 Å². The second kappa shape index (κ2) is 13.1. The summed E-state index contributed by atoms with van der Waals surface area (Å²) < 4.78 is 47.5. The molecule has 242 valence electrons. The number of rotatable bonds is 8. The number of hydrogen-bond donors (Lipinski definition) is 0. The summed E-state index contributed by atoms with van der Waals surface area (Å²) in [6.07, 6.45) is -0.996. The van der Waals surface area contributed by atoms with E-state index in [4.69, 9.17) is 4.74 Å². The molecule has 3 aromatic carbocycles. The molecule has 2 saturated heterocycles. The summed E-state index contributed by atoms with van der Waals surface area (Å²) in [6.45, 7) is 4.61. The van der Waals surface area contributed by atoms with Crippen molar-refractivity contribution in [1.82, 2.24) is 35.0 Å². The molecule has 2 aromatic heterocycles. The fourth-order valence-corrected chi connectivity index (χ4v) is 7.17. The quantitative estimate of drug-likeness (QED) is 0.227. The van der Waals surface area contributed by atoms with Crippen LogP contribution in [-0.2, 0) is 12.7 Å². The zero-order chi connectivity index (χ0) is 32.4. The molecule has 0 N–H and O–H groups in total. The summed E-state index contributed by atoms with van der Waals surface area (Å²) in [5.41, 5.74) is 4.57. The molecule has 2 atom stereocenters. The van der Waals surface area contributed by atoms with Gasteiger partial charge in [-0.2, -0.15) is 17.9 Å². The average molecular weight is 641 g/mol. The first kappa shape index (κ1) is 30.8. The minimum absolute atomic E-state index is 0.108. The molecule has 0 amide bonds. The number of fused-ring (bicyclic) bond motifs is 1. The number of ether oxygens (including phenoxy) is 1. The highest BCUT2D eigenvalue weighted by Crippen LogP contribution is 2.37. The van der Waals surface area contributed by atoms with E-state index in [9.17, 15) is 13.2 Å². The zero-order valence-electron chi connectivity index (χ0n) is 25.9. The standard InChI is InChI=1S/C35H35F3N8O/c1-47-32-15-14-28(46-34(35(36,37)38)40-41-42-46)19-27(32)21-43-22-30-23-44(29-13-8-16-39-20-29)17-18-45(30)31(24-43)33(25-9-4-2-5-10-25)26-11-6-3-7-12-26/h2-16,19-20,30-31,33H,17-18,21-24H2,1H3/t30-,31+/m1/s1. The van der Waals surface area contributed by atoms with Gasteiger partial charge >= 0.3 is 6.18 Å². The Kier molecular flexibility index (Phi) is 8.61. The summed E-state index contributed by atoms with van der Waals surface area (Å²) in [5, 5.41) is 10.2. The van der Waals surface area contributed by atoms with Crippen molar-refractivity contribution in [3.05, 3.63) is 126 Å². The van der Waals surface area contributed by atoms with E-state index in [1.54, 1.807) is 31.5 Å². The van der Waals surface area contributed by atoms with Gasteiger partial charge in [0.05, 0.1) is 24.7 Å². The van der Waals surface area contributed by atoms with Gasteiger partial charge in [0, 0.05) is 69.0 Å². The second-order valence-electron chi connectivity index (χ2n) is 12.0. The van der Waals surface area contributed by atoms with Crippen molar-refractivity contribution in [2.45, 2.75) is 30.7 Å². The van der Waals surface area contributed by atoms with Crippen LogP contribution in [0.5, 0.6) is 5.75 Å². The molecular formula is C35H35F3N8O. The topological polar surface area (TPSA) is 75.4 Å². The zero-order valence-corrected chi connectivity index (χ0v) is 25.9.